The molecule has 0 bridgehead atoms. The van der Waals surface area contributed by atoms with Gasteiger partial charge in [0.1, 0.15) is 18.3 Å². The first-order valence-corrected chi connectivity index (χ1v) is 7.82. The van der Waals surface area contributed by atoms with E-state index in [9.17, 15) is 5.11 Å². The Morgan fingerprint density at radius 2 is 2.20 bits per heavy atom. The van der Waals surface area contributed by atoms with E-state index in [1.54, 1.807) is 6.33 Å². The van der Waals surface area contributed by atoms with Crippen molar-refractivity contribution in [2.75, 3.05) is 0 Å². The molecule has 1 fully saturated rings. The molecule has 5 heteroatoms. The summed E-state index contributed by atoms with van der Waals surface area (Å²) < 4.78 is 2.80. The number of rotatable bonds is 2. The van der Waals surface area contributed by atoms with E-state index in [-0.39, 0.29) is 6.04 Å². The average Bonchev–Trinajstić information content (AvgIpc) is 2.89. The molecule has 20 heavy (non-hydrogen) atoms. The van der Waals surface area contributed by atoms with Gasteiger partial charge in [-0.25, -0.2) is 9.67 Å². The number of halogens is 1. The highest BCUT2D eigenvalue weighted by Crippen LogP contribution is 2.43. The molecule has 3 rings (SSSR count). The number of aliphatic hydroxyl groups is 1. The standard InChI is InChI=1S/C15H18BrN3O/c16-13-6-4-5-12(9-13)15(20)8-3-1-2-7-14(15)19-11-17-10-18-19/h4-6,9-11,14,20H,1-3,7-8H2. The van der Waals surface area contributed by atoms with Gasteiger partial charge >= 0.3 is 0 Å². The van der Waals surface area contributed by atoms with Gasteiger partial charge in [0.2, 0.25) is 0 Å². The maximum Gasteiger partial charge on any atom is 0.137 e. The van der Waals surface area contributed by atoms with E-state index in [0.29, 0.717) is 0 Å². The molecule has 0 aliphatic heterocycles. The van der Waals surface area contributed by atoms with Gasteiger partial charge in [-0.2, -0.15) is 5.10 Å². The molecule has 1 aromatic carbocycles. The zero-order valence-electron chi connectivity index (χ0n) is 11.2. The first kappa shape index (κ1) is 13.8. The number of nitrogens with zero attached hydrogens (tertiary/aromatic N) is 3. The minimum atomic E-state index is -0.881. The largest absolute Gasteiger partial charge is 0.383 e. The van der Waals surface area contributed by atoms with Crippen LogP contribution in [0, 0.1) is 0 Å². The van der Waals surface area contributed by atoms with Gasteiger partial charge in [0, 0.05) is 4.47 Å². The van der Waals surface area contributed by atoms with Crippen molar-refractivity contribution in [3.8, 4) is 0 Å². The van der Waals surface area contributed by atoms with Gasteiger partial charge in [0.05, 0.1) is 6.04 Å². The Hall–Kier alpha value is -1.20. The maximum atomic E-state index is 11.4. The van der Waals surface area contributed by atoms with Crippen LogP contribution in [0.4, 0.5) is 0 Å². The van der Waals surface area contributed by atoms with Crippen molar-refractivity contribution < 1.29 is 5.11 Å². The highest BCUT2D eigenvalue weighted by molar-refractivity contribution is 9.10. The van der Waals surface area contributed by atoms with Crippen LogP contribution in [0.25, 0.3) is 0 Å². The Morgan fingerprint density at radius 3 is 2.95 bits per heavy atom. The fraction of sp³-hybridized carbons (Fsp3) is 0.467. The lowest BCUT2D eigenvalue weighted by Crippen LogP contribution is -2.36. The third-order valence-corrected chi connectivity index (χ3v) is 4.66. The van der Waals surface area contributed by atoms with Crippen LogP contribution in [0.3, 0.4) is 0 Å². The molecular formula is C15H18BrN3O. The van der Waals surface area contributed by atoms with Crippen LogP contribution in [0.2, 0.25) is 0 Å². The van der Waals surface area contributed by atoms with Crippen molar-refractivity contribution in [1.82, 2.24) is 14.8 Å². The van der Waals surface area contributed by atoms with Crippen molar-refractivity contribution in [3.05, 3.63) is 47.0 Å². The van der Waals surface area contributed by atoms with Crippen LogP contribution in [0.5, 0.6) is 0 Å². The molecule has 4 nitrogen and oxygen atoms in total. The molecule has 0 spiro atoms. The molecule has 1 saturated carbocycles. The zero-order valence-corrected chi connectivity index (χ0v) is 12.8. The summed E-state index contributed by atoms with van der Waals surface area (Å²) in [5, 5.41) is 15.6. The minimum absolute atomic E-state index is 0.0539. The van der Waals surface area contributed by atoms with Crippen molar-refractivity contribution in [1.29, 1.82) is 0 Å². The SMILES string of the molecule is OC1(c2cccc(Br)c2)CCCCCC1n1cncn1. The molecule has 1 aliphatic carbocycles. The number of aromatic nitrogens is 3. The molecular weight excluding hydrogens is 318 g/mol. The zero-order chi connectivity index (χ0) is 14.0. The Kier molecular flexibility index (Phi) is 3.89. The Labute approximate surface area is 127 Å². The normalized spacial score (nSPS) is 27.2. The van der Waals surface area contributed by atoms with E-state index in [0.717, 1.165) is 42.1 Å². The topological polar surface area (TPSA) is 50.9 Å². The van der Waals surface area contributed by atoms with Crippen LogP contribution < -0.4 is 0 Å². The summed E-state index contributed by atoms with van der Waals surface area (Å²) in [4.78, 5) is 4.04. The van der Waals surface area contributed by atoms with Gasteiger partial charge in [-0.15, -0.1) is 0 Å². The molecule has 1 aliphatic rings. The highest BCUT2D eigenvalue weighted by atomic mass is 79.9. The van der Waals surface area contributed by atoms with Gasteiger partial charge in [0.25, 0.3) is 0 Å². The van der Waals surface area contributed by atoms with Gasteiger partial charge in [-0.3, -0.25) is 0 Å². The third kappa shape index (κ3) is 2.52. The lowest BCUT2D eigenvalue weighted by Gasteiger charge is -2.35. The summed E-state index contributed by atoms with van der Waals surface area (Å²) in [5.74, 6) is 0. The second-order valence-electron chi connectivity index (χ2n) is 5.43. The van der Waals surface area contributed by atoms with Crippen molar-refractivity contribution in [2.45, 2.75) is 43.7 Å². The van der Waals surface area contributed by atoms with Crippen molar-refractivity contribution >= 4 is 15.9 Å². The fourth-order valence-corrected chi connectivity index (χ4v) is 3.54. The lowest BCUT2D eigenvalue weighted by atomic mass is 9.82. The first-order chi connectivity index (χ1) is 9.70. The van der Waals surface area contributed by atoms with Gasteiger partial charge < -0.3 is 5.11 Å². The maximum absolute atomic E-state index is 11.4. The van der Waals surface area contributed by atoms with Crippen molar-refractivity contribution in [2.24, 2.45) is 0 Å². The lowest BCUT2D eigenvalue weighted by molar-refractivity contribution is -0.0286. The monoisotopic (exact) mass is 335 g/mol. The third-order valence-electron chi connectivity index (χ3n) is 4.17. The minimum Gasteiger partial charge on any atom is -0.383 e. The summed E-state index contributed by atoms with van der Waals surface area (Å²) >= 11 is 3.50. The van der Waals surface area contributed by atoms with Gasteiger partial charge in [-0.05, 0) is 30.5 Å². The van der Waals surface area contributed by atoms with E-state index in [1.165, 1.54) is 6.33 Å². The molecule has 1 aromatic heterocycles. The van der Waals surface area contributed by atoms with Crippen LogP contribution in [-0.2, 0) is 5.60 Å². The molecule has 1 heterocycles. The number of hydrogen-bond acceptors (Lipinski definition) is 3. The molecule has 2 atom stereocenters. The van der Waals surface area contributed by atoms with Gasteiger partial charge in [0.15, 0.2) is 0 Å². The molecule has 0 radical (unpaired) electrons. The summed E-state index contributed by atoms with van der Waals surface area (Å²) in [6.45, 7) is 0. The predicted octanol–water partition coefficient (Wildman–Crippen LogP) is 3.43. The summed E-state index contributed by atoms with van der Waals surface area (Å²) in [5.41, 5.74) is 0.0721. The van der Waals surface area contributed by atoms with E-state index in [1.807, 2.05) is 28.9 Å². The highest BCUT2D eigenvalue weighted by Gasteiger charge is 2.40. The molecule has 0 saturated heterocycles. The Balaban J connectivity index is 2.05. The molecule has 0 amide bonds. The second-order valence-corrected chi connectivity index (χ2v) is 6.34. The van der Waals surface area contributed by atoms with E-state index in [2.05, 4.69) is 26.0 Å². The van der Waals surface area contributed by atoms with Crippen LogP contribution >= 0.6 is 15.9 Å². The van der Waals surface area contributed by atoms with Crippen molar-refractivity contribution in [3.63, 3.8) is 0 Å². The average molecular weight is 336 g/mol. The summed E-state index contributed by atoms with van der Waals surface area (Å²) in [6.07, 6.45) is 8.22. The molecule has 2 aromatic rings. The molecule has 1 N–H and O–H groups in total. The summed E-state index contributed by atoms with van der Waals surface area (Å²) in [7, 11) is 0. The molecule has 106 valence electrons. The molecule has 2 unspecified atom stereocenters. The van der Waals surface area contributed by atoms with Gasteiger partial charge in [-0.1, -0.05) is 47.3 Å². The van der Waals surface area contributed by atoms with E-state index in [4.69, 9.17) is 0 Å². The van der Waals surface area contributed by atoms with E-state index >= 15 is 0 Å². The Morgan fingerprint density at radius 1 is 1.30 bits per heavy atom. The second kappa shape index (κ2) is 5.66. The summed E-state index contributed by atoms with van der Waals surface area (Å²) in [6, 6.07) is 7.91. The van der Waals surface area contributed by atoms with Crippen LogP contribution in [0.15, 0.2) is 41.4 Å². The number of hydrogen-bond donors (Lipinski definition) is 1. The predicted molar refractivity (Wildman–Crippen MR) is 80.2 cm³/mol. The van der Waals surface area contributed by atoms with E-state index < -0.39 is 5.60 Å². The Bertz CT molecular complexity index is 572. The quantitative estimate of drug-likeness (QED) is 0.855. The fourth-order valence-electron chi connectivity index (χ4n) is 3.14. The van der Waals surface area contributed by atoms with Crippen LogP contribution in [-0.4, -0.2) is 19.9 Å². The van der Waals surface area contributed by atoms with Crippen LogP contribution in [0.1, 0.15) is 43.7 Å². The number of benzene rings is 1. The first-order valence-electron chi connectivity index (χ1n) is 7.03. The smallest absolute Gasteiger partial charge is 0.137 e.